The molecule has 0 amide bonds. The lowest BCUT2D eigenvalue weighted by Crippen LogP contribution is -1.97. The fraction of sp³-hybridized carbons (Fsp3) is 0. The van der Waals surface area contributed by atoms with Crippen molar-refractivity contribution in [3.8, 4) is 72.8 Å². The Balaban J connectivity index is 0.000000139. The lowest BCUT2D eigenvalue weighted by Gasteiger charge is -2.18. The maximum absolute atomic E-state index is 5.09. The van der Waals surface area contributed by atoms with E-state index in [1.165, 1.54) is 109 Å². The zero-order valence-corrected chi connectivity index (χ0v) is 45.8. The van der Waals surface area contributed by atoms with E-state index in [4.69, 9.17) is 9.97 Å². The van der Waals surface area contributed by atoms with Gasteiger partial charge in [-0.25, -0.2) is 9.97 Å². The third-order valence-electron chi connectivity index (χ3n) is 16.8. The summed E-state index contributed by atoms with van der Waals surface area (Å²) < 4.78 is 4.32. The molecule has 3 aromatic heterocycles. The standard InChI is InChI=1S/C43H28N2.C37H24N2/c1-2-14-34(15-3-1)45-40-21-11-10-20-39(40)44-43(45)31-25-23-30(24-26-31)41-35-16-6-8-18-37(35)42(38-19-9-7-17-36(38)41)33-27-22-29-12-4-5-13-32(29)28-33;1-2-10-28-23-29(21-16-25(28)9-1)37-32-13-5-3-11-30(32)36(31-12-4-6-14-33(31)37)27-19-17-26(18-20-27)34-24-39-22-8-7-15-35(39)38-34/h1-28H;1-24H. The third-order valence-corrected chi connectivity index (χ3v) is 16.8. The Bertz CT molecular complexity index is 5220. The molecule has 0 radical (unpaired) electrons. The Morgan fingerprint density at radius 3 is 1.13 bits per heavy atom. The molecular weight excluding hydrogens is 1020 g/mol. The molecule has 0 N–H and O–H groups in total. The molecule has 0 aliphatic heterocycles. The molecule has 0 atom stereocenters. The number of hydrogen-bond donors (Lipinski definition) is 0. The number of pyridine rings is 1. The maximum Gasteiger partial charge on any atom is 0.145 e. The van der Waals surface area contributed by atoms with Gasteiger partial charge in [0.2, 0.25) is 0 Å². The highest BCUT2D eigenvalue weighted by Gasteiger charge is 2.20. The van der Waals surface area contributed by atoms with Crippen molar-refractivity contribution in [2.24, 2.45) is 0 Å². The Hall–Kier alpha value is -11.2. The van der Waals surface area contributed by atoms with Crippen LogP contribution in [0.15, 0.2) is 316 Å². The fourth-order valence-corrected chi connectivity index (χ4v) is 12.9. The van der Waals surface area contributed by atoms with Crippen molar-refractivity contribution in [2.45, 2.75) is 0 Å². The highest BCUT2D eigenvalue weighted by atomic mass is 15.1. The van der Waals surface area contributed by atoms with E-state index in [2.05, 4.69) is 300 Å². The van der Waals surface area contributed by atoms with Gasteiger partial charge in [-0.15, -0.1) is 0 Å². The van der Waals surface area contributed by atoms with Gasteiger partial charge in [0.15, 0.2) is 0 Å². The summed E-state index contributed by atoms with van der Waals surface area (Å²) in [7, 11) is 0. The zero-order chi connectivity index (χ0) is 55.5. The number of aromatic nitrogens is 4. The van der Waals surface area contributed by atoms with Gasteiger partial charge in [0.1, 0.15) is 11.5 Å². The SMILES string of the molecule is c1ccc(-n2c(-c3ccc(-c4c5ccccc5c(-c5ccc6ccccc6c5)c5ccccc45)cc3)nc3ccccc32)cc1.c1ccc2cc(-c3c4ccccc4c(-c4ccc(-c5cn6ccccc6n5)cc4)c4ccccc34)ccc2c1. The van der Waals surface area contributed by atoms with Crippen LogP contribution in [0.4, 0.5) is 0 Å². The normalized spacial score (nSPS) is 11.6. The number of nitrogens with zero attached hydrogens (tertiary/aromatic N) is 4. The van der Waals surface area contributed by atoms with E-state index in [-0.39, 0.29) is 0 Å². The quantitative estimate of drug-likeness (QED) is 0.149. The van der Waals surface area contributed by atoms with Crippen LogP contribution in [0.1, 0.15) is 0 Å². The molecule has 0 aliphatic rings. The van der Waals surface area contributed by atoms with Gasteiger partial charge in [-0.05, 0) is 158 Å². The first-order valence-corrected chi connectivity index (χ1v) is 28.7. The topological polar surface area (TPSA) is 35.1 Å². The molecule has 14 aromatic carbocycles. The first kappa shape index (κ1) is 48.7. The fourth-order valence-electron chi connectivity index (χ4n) is 12.9. The first-order chi connectivity index (χ1) is 41.7. The van der Waals surface area contributed by atoms with E-state index in [9.17, 15) is 0 Å². The van der Waals surface area contributed by atoms with Crippen molar-refractivity contribution < 1.29 is 0 Å². The van der Waals surface area contributed by atoms with Gasteiger partial charge >= 0.3 is 0 Å². The highest BCUT2D eigenvalue weighted by Crippen LogP contribution is 2.46. The summed E-state index contributed by atoms with van der Waals surface area (Å²) in [4.78, 5) is 9.91. The summed E-state index contributed by atoms with van der Waals surface area (Å²) in [6.07, 6.45) is 4.13. The van der Waals surface area contributed by atoms with Gasteiger partial charge < -0.3 is 4.40 Å². The van der Waals surface area contributed by atoms with Crippen LogP contribution in [-0.2, 0) is 0 Å². The molecule has 0 unspecified atom stereocenters. The van der Waals surface area contributed by atoms with Gasteiger partial charge in [0.25, 0.3) is 0 Å². The molecule has 0 saturated heterocycles. The Labute approximate surface area is 486 Å². The summed E-state index contributed by atoms with van der Waals surface area (Å²) in [5, 5.41) is 15.1. The van der Waals surface area contributed by atoms with E-state index >= 15 is 0 Å². The first-order valence-electron chi connectivity index (χ1n) is 28.7. The van der Waals surface area contributed by atoms with Crippen molar-refractivity contribution >= 4 is 81.3 Å². The van der Waals surface area contributed by atoms with Crippen LogP contribution in [0, 0.1) is 0 Å². The second kappa shape index (κ2) is 20.4. The number of imidazole rings is 2. The molecule has 17 rings (SSSR count). The largest absolute Gasteiger partial charge is 0.306 e. The van der Waals surface area contributed by atoms with E-state index in [1.54, 1.807) is 0 Å². The lowest BCUT2D eigenvalue weighted by atomic mass is 9.85. The Morgan fingerprint density at radius 1 is 0.262 bits per heavy atom. The predicted molar refractivity (Wildman–Crippen MR) is 354 cm³/mol. The monoisotopic (exact) mass is 1070 g/mol. The molecule has 0 bridgehead atoms. The van der Waals surface area contributed by atoms with Crippen molar-refractivity contribution in [2.75, 3.05) is 0 Å². The van der Waals surface area contributed by atoms with Crippen molar-refractivity contribution in [1.82, 2.24) is 18.9 Å². The molecule has 84 heavy (non-hydrogen) atoms. The molecular formula is C80H52N4. The average molecular weight is 1070 g/mol. The van der Waals surface area contributed by atoms with Crippen molar-refractivity contribution in [1.29, 1.82) is 0 Å². The molecule has 0 spiro atoms. The minimum atomic E-state index is 0.940. The molecule has 3 heterocycles. The van der Waals surface area contributed by atoms with E-state index < -0.39 is 0 Å². The van der Waals surface area contributed by atoms with Gasteiger partial charge in [0.05, 0.1) is 16.7 Å². The number of para-hydroxylation sites is 3. The van der Waals surface area contributed by atoms with E-state index in [1.807, 2.05) is 24.4 Å². The van der Waals surface area contributed by atoms with Gasteiger partial charge in [0, 0.05) is 29.2 Å². The summed E-state index contributed by atoms with van der Waals surface area (Å²) in [6.45, 7) is 0. The minimum absolute atomic E-state index is 0.940. The Kier molecular flexibility index (Phi) is 11.8. The number of benzene rings is 14. The van der Waals surface area contributed by atoms with Crippen LogP contribution >= 0.6 is 0 Å². The number of hydrogen-bond acceptors (Lipinski definition) is 2. The molecule has 0 saturated carbocycles. The van der Waals surface area contributed by atoms with Crippen molar-refractivity contribution in [3.05, 3.63) is 316 Å². The van der Waals surface area contributed by atoms with Crippen molar-refractivity contribution in [3.63, 3.8) is 0 Å². The third kappa shape index (κ3) is 8.39. The van der Waals surface area contributed by atoms with Gasteiger partial charge in [-0.1, -0.05) is 255 Å². The summed E-state index contributed by atoms with van der Waals surface area (Å²) >= 11 is 0. The number of fused-ring (bicyclic) bond motifs is 8. The van der Waals surface area contributed by atoms with Crippen LogP contribution in [0.2, 0.25) is 0 Å². The smallest absolute Gasteiger partial charge is 0.145 e. The molecule has 392 valence electrons. The molecule has 4 heteroatoms. The van der Waals surface area contributed by atoms with Gasteiger partial charge in [-0.3, -0.25) is 4.57 Å². The van der Waals surface area contributed by atoms with Crippen LogP contribution in [-0.4, -0.2) is 18.9 Å². The lowest BCUT2D eigenvalue weighted by molar-refractivity contribution is 1.10. The van der Waals surface area contributed by atoms with Crippen LogP contribution < -0.4 is 0 Å². The molecule has 17 aromatic rings. The predicted octanol–water partition coefficient (Wildman–Crippen LogP) is 21.3. The van der Waals surface area contributed by atoms with Crippen LogP contribution in [0.3, 0.4) is 0 Å². The molecule has 0 fully saturated rings. The second-order valence-corrected chi connectivity index (χ2v) is 21.6. The average Bonchev–Trinajstić information content (AvgIpc) is 3.15. The van der Waals surface area contributed by atoms with E-state index in [0.29, 0.717) is 0 Å². The molecule has 4 nitrogen and oxygen atoms in total. The van der Waals surface area contributed by atoms with Gasteiger partial charge in [-0.2, -0.15) is 0 Å². The van der Waals surface area contributed by atoms with Crippen LogP contribution in [0.5, 0.6) is 0 Å². The minimum Gasteiger partial charge on any atom is -0.306 e. The van der Waals surface area contributed by atoms with E-state index in [0.717, 1.165) is 45.0 Å². The second-order valence-electron chi connectivity index (χ2n) is 21.6. The maximum atomic E-state index is 5.09. The zero-order valence-electron chi connectivity index (χ0n) is 45.8. The summed E-state index contributed by atoms with van der Waals surface area (Å²) in [5.74, 6) is 0.940. The van der Waals surface area contributed by atoms with Crippen LogP contribution in [0.25, 0.3) is 154 Å². The Morgan fingerprint density at radius 2 is 0.643 bits per heavy atom. The number of rotatable bonds is 7. The highest BCUT2D eigenvalue weighted by molar-refractivity contribution is 6.23. The summed E-state index contributed by atoms with van der Waals surface area (Å²) in [5.41, 5.74) is 17.3. The molecule has 0 aliphatic carbocycles. The summed E-state index contributed by atoms with van der Waals surface area (Å²) in [6, 6.07) is 109.